The number of fused-ring (bicyclic) bond motifs is 4. The van der Waals surface area contributed by atoms with Gasteiger partial charge in [0, 0.05) is 60.5 Å². The van der Waals surface area contributed by atoms with Gasteiger partial charge in [-0.05, 0) is 38.2 Å². The molecule has 11 heteroatoms. The summed E-state index contributed by atoms with van der Waals surface area (Å²) in [6, 6.07) is 9.90. The van der Waals surface area contributed by atoms with Gasteiger partial charge in [-0.25, -0.2) is 4.39 Å². The molecule has 9 nitrogen and oxygen atoms in total. The van der Waals surface area contributed by atoms with E-state index in [2.05, 4.69) is 22.2 Å². The Hall–Kier alpha value is -4.74. The van der Waals surface area contributed by atoms with E-state index >= 15 is 4.39 Å². The van der Waals surface area contributed by atoms with Crippen LogP contribution in [0.4, 0.5) is 8.78 Å². The Balaban J connectivity index is 1.37. The van der Waals surface area contributed by atoms with Crippen molar-refractivity contribution in [2.75, 3.05) is 46.3 Å². The molecule has 2 aromatic heterocycles. The SMILES string of the molecule is CN1CCN(CCCNC(=O)c2cn3c4cc5c(=O)c6ccccc6c(=O)c5cc4oc4c(F)c(F)cc(c2=O)c43)CC1. The van der Waals surface area contributed by atoms with Gasteiger partial charge in [-0.2, -0.15) is 4.39 Å². The molecule has 1 aliphatic heterocycles. The first kappa shape index (κ1) is 27.1. The molecule has 0 saturated carbocycles. The maximum absolute atomic E-state index is 15.1. The summed E-state index contributed by atoms with van der Waals surface area (Å²) in [5.74, 6) is -3.30. The molecule has 6 aromatic rings. The summed E-state index contributed by atoms with van der Waals surface area (Å²) in [6.45, 7) is 4.93. The molecule has 7 rings (SSSR count). The summed E-state index contributed by atoms with van der Waals surface area (Å²) < 4.78 is 36.9. The summed E-state index contributed by atoms with van der Waals surface area (Å²) in [5, 5.41) is 3.14. The van der Waals surface area contributed by atoms with Crippen LogP contribution < -0.4 is 21.6 Å². The van der Waals surface area contributed by atoms with Crippen molar-refractivity contribution in [1.29, 1.82) is 0 Å². The number of halogens is 2. The van der Waals surface area contributed by atoms with E-state index in [9.17, 15) is 23.6 Å². The molecule has 0 atom stereocenters. The molecule has 0 unspecified atom stereocenters. The number of amides is 1. The number of carbonyl (C=O) groups is 1. The van der Waals surface area contributed by atoms with E-state index in [4.69, 9.17) is 4.42 Å². The molecule has 0 bridgehead atoms. The normalized spacial score (nSPS) is 15.0. The predicted octanol–water partition coefficient (Wildman–Crippen LogP) is 3.31. The number of benzene rings is 4. The minimum atomic E-state index is -1.32. The third-order valence-electron chi connectivity index (χ3n) is 8.39. The Bertz CT molecular complexity index is 2290. The lowest BCUT2D eigenvalue weighted by Gasteiger charge is -2.32. The fourth-order valence-corrected chi connectivity index (χ4v) is 6.01. The maximum Gasteiger partial charge on any atom is 0.256 e. The van der Waals surface area contributed by atoms with Crippen LogP contribution in [0.15, 0.2) is 67.5 Å². The highest BCUT2D eigenvalue weighted by atomic mass is 19.2. The van der Waals surface area contributed by atoms with Gasteiger partial charge in [0.25, 0.3) is 5.91 Å². The van der Waals surface area contributed by atoms with Crippen LogP contribution in [0.2, 0.25) is 0 Å². The number of hydrogen-bond donors (Lipinski definition) is 1. The molecule has 1 saturated heterocycles. The zero-order valence-corrected chi connectivity index (χ0v) is 23.2. The molecule has 1 N–H and O–H groups in total. The number of piperazine rings is 1. The van der Waals surface area contributed by atoms with Crippen LogP contribution in [0.3, 0.4) is 0 Å². The molecular formula is C32H26F2N4O5. The van der Waals surface area contributed by atoms with Crippen LogP contribution >= 0.6 is 0 Å². The highest BCUT2D eigenvalue weighted by Gasteiger charge is 2.24. The third kappa shape index (κ3) is 4.34. The van der Waals surface area contributed by atoms with Crippen LogP contribution in [0, 0.1) is 11.6 Å². The monoisotopic (exact) mass is 584 g/mol. The number of hydrogen-bond acceptors (Lipinski definition) is 7. The van der Waals surface area contributed by atoms with Crippen LogP contribution in [-0.2, 0) is 0 Å². The van der Waals surface area contributed by atoms with E-state index in [0.29, 0.717) is 13.0 Å². The van der Waals surface area contributed by atoms with Gasteiger partial charge in [0.05, 0.1) is 10.9 Å². The smallest absolute Gasteiger partial charge is 0.256 e. The van der Waals surface area contributed by atoms with Crippen LogP contribution in [0.25, 0.3) is 49.1 Å². The molecule has 218 valence electrons. The number of carbonyl (C=O) groups excluding carboxylic acids is 1. The highest BCUT2D eigenvalue weighted by Crippen LogP contribution is 2.31. The number of nitrogens with zero attached hydrogens (tertiary/aromatic N) is 3. The second-order valence-corrected chi connectivity index (χ2v) is 11.1. The quantitative estimate of drug-likeness (QED) is 0.188. The summed E-state index contributed by atoms with van der Waals surface area (Å²) in [6.07, 6.45) is 1.92. The van der Waals surface area contributed by atoms with Gasteiger partial charge in [0.1, 0.15) is 11.1 Å². The Morgan fingerprint density at radius 1 is 0.884 bits per heavy atom. The van der Waals surface area contributed by atoms with E-state index in [1.165, 1.54) is 22.7 Å². The lowest BCUT2D eigenvalue weighted by Crippen LogP contribution is -2.45. The van der Waals surface area contributed by atoms with Crippen molar-refractivity contribution < 1.29 is 18.0 Å². The van der Waals surface area contributed by atoms with E-state index in [1.807, 2.05) is 0 Å². The van der Waals surface area contributed by atoms with Crippen molar-refractivity contribution in [1.82, 2.24) is 19.5 Å². The lowest BCUT2D eigenvalue weighted by atomic mass is 10.0. The molecule has 4 aromatic carbocycles. The van der Waals surface area contributed by atoms with Gasteiger partial charge in [0.15, 0.2) is 27.8 Å². The predicted molar refractivity (Wildman–Crippen MR) is 160 cm³/mol. The van der Waals surface area contributed by atoms with Crippen molar-refractivity contribution in [3.63, 3.8) is 0 Å². The molecule has 1 aliphatic rings. The van der Waals surface area contributed by atoms with E-state index in [-0.39, 0.29) is 54.5 Å². The van der Waals surface area contributed by atoms with Gasteiger partial charge < -0.3 is 23.9 Å². The first-order valence-corrected chi connectivity index (χ1v) is 14.0. The number of pyridine rings is 1. The number of nitrogens with one attached hydrogen (secondary N) is 1. The Morgan fingerprint density at radius 2 is 1.56 bits per heavy atom. The molecule has 0 radical (unpaired) electrons. The van der Waals surface area contributed by atoms with Crippen LogP contribution in [0.1, 0.15) is 16.8 Å². The minimum absolute atomic E-state index is 0.0280. The van der Waals surface area contributed by atoms with Crippen molar-refractivity contribution in [2.24, 2.45) is 0 Å². The van der Waals surface area contributed by atoms with Crippen molar-refractivity contribution >= 4 is 55.0 Å². The summed E-state index contributed by atoms with van der Waals surface area (Å²) >= 11 is 0. The van der Waals surface area contributed by atoms with Crippen molar-refractivity contribution in [2.45, 2.75) is 6.42 Å². The zero-order valence-electron chi connectivity index (χ0n) is 23.2. The highest BCUT2D eigenvalue weighted by molar-refractivity contribution is 6.06. The summed E-state index contributed by atoms with van der Waals surface area (Å²) in [4.78, 5) is 57.9. The molecule has 43 heavy (non-hydrogen) atoms. The second kappa shape index (κ2) is 10.2. The topological polar surface area (TPSA) is 104 Å². The van der Waals surface area contributed by atoms with E-state index < -0.39 is 34.0 Å². The standard InChI is InChI=1S/C32H26F2N4O5/c1-36-9-11-37(12-10-36)8-4-7-35-32(42)22-16-38-24-14-19-20(29(40)18-6-3-2-5-17(18)28(19)39)15-25(24)43-31-26(34)23(33)13-21(27(31)38)30(22)41/h2-3,5-6,13-16H,4,7-12H2,1H3,(H,35,42). The first-order valence-electron chi connectivity index (χ1n) is 14.0. The second-order valence-electron chi connectivity index (χ2n) is 11.1. The van der Waals surface area contributed by atoms with E-state index in [0.717, 1.165) is 38.8 Å². The fraction of sp³-hybridized carbons (Fsp3) is 0.250. The number of aromatic nitrogens is 1. The largest absolute Gasteiger partial charge is 0.450 e. The van der Waals surface area contributed by atoms with Crippen LogP contribution in [0.5, 0.6) is 0 Å². The third-order valence-corrected chi connectivity index (χ3v) is 8.39. The van der Waals surface area contributed by atoms with Gasteiger partial charge >= 0.3 is 0 Å². The molecule has 3 heterocycles. The summed E-state index contributed by atoms with van der Waals surface area (Å²) in [5.41, 5.74) is -2.32. The van der Waals surface area contributed by atoms with Gasteiger partial charge in [-0.15, -0.1) is 0 Å². The average Bonchev–Trinajstić information content (AvgIpc) is 3.01. The summed E-state index contributed by atoms with van der Waals surface area (Å²) in [7, 11) is 2.08. The van der Waals surface area contributed by atoms with Gasteiger partial charge in [-0.3, -0.25) is 19.2 Å². The minimum Gasteiger partial charge on any atom is -0.450 e. The zero-order chi connectivity index (χ0) is 30.0. The molecule has 0 spiro atoms. The maximum atomic E-state index is 15.1. The molecule has 0 aliphatic carbocycles. The fourth-order valence-electron chi connectivity index (χ4n) is 6.01. The Morgan fingerprint density at radius 3 is 2.26 bits per heavy atom. The lowest BCUT2D eigenvalue weighted by molar-refractivity contribution is 0.0948. The average molecular weight is 585 g/mol. The van der Waals surface area contributed by atoms with Gasteiger partial charge in [-0.1, -0.05) is 24.3 Å². The van der Waals surface area contributed by atoms with Crippen LogP contribution in [-0.4, -0.2) is 66.4 Å². The van der Waals surface area contributed by atoms with Crippen molar-refractivity contribution in [3.8, 4) is 0 Å². The first-order chi connectivity index (χ1) is 20.7. The Kier molecular flexibility index (Phi) is 6.44. The van der Waals surface area contributed by atoms with Crippen molar-refractivity contribution in [3.05, 3.63) is 96.5 Å². The molecule has 1 fully saturated rings. The van der Waals surface area contributed by atoms with E-state index in [1.54, 1.807) is 24.3 Å². The number of likely N-dealkylation sites (N-methyl/N-ethyl adjacent to an activating group) is 1. The molecule has 1 amide bonds. The number of rotatable bonds is 5. The Labute approximate surface area is 241 Å². The van der Waals surface area contributed by atoms with Gasteiger partial charge in [0.2, 0.25) is 11.2 Å². The molecular weight excluding hydrogens is 558 g/mol.